The predicted octanol–water partition coefficient (Wildman–Crippen LogP) is 6.36. The summed E-state index contributed by atoms with van der Waals surface area (Å²) in [6.45, 7) is 12.6. The average Bonchev–Trinajstić information content (AvgIpc) is 3.40. The van der Waals surface area contributed by atoms with Crippen LogP contribution in [0.4, 0.5) is 0 Å². The molecule has 0 radical (unpaired) electrons. The number of benzene rings is 2. The van der Waals surface area contributed by atoms with Crippen molar-refractivity contribution in [1.29, 1.82) is 0 Å². The van der Waals surface area contributed by atoms with E-state index in [0.717, 1.165) is 22.4 Å². The summed E-state index contributed by atoms with van der Waals surface area (Å²) in [4.78, 5) is 28.0. The predicted molar refractivity (Wildman–Crippen MR) is 140 cm³/mol. The maximum Gasteiger partial charge on any atom is 0.274 e. The Morgan fingerprint density at radius 1 is 0.889 bits per heavy atom. The quantitative estimate of drug-likeness (QED) is 0.194. The van der Waals surface area contributed by atoms with Gasteiger partial charge in [-0.2, -0.15) is 0 Å². The van der Waals surface area contributed by atoms with Crippen molar-refractivity contribution in [2.75, 3.05) is 0 Å². The van der Waals surface area contributed by atoms with Crippen LogP contribution in [0, 0.1) is 5.41 Å². The van der Waals surface area contributed by atoms with Crippen molar-refractivity contribution in [3.8, 4) is 11.3 Å². The second-order valence-electron chi connectivity index (χ2n) is 11.2. The molecule has 0 spiro atoms. The molecule has 2 heterocycles. The molecule has 2 aromatic heterocycles. The summed E-state index contributed by atoms with van der Waals surface area (Å²) in [6.07, 6.45) is 0. The largest absolute Gasteiger partial charge is 0.454 e. The van der Waals surface area contributed by atoms with Crippen LogP contribution < -0.4 is 10.8 Å². The van der Waals surface area contributed by atoms with Crippen LogP contribution in [-0.4, -0.2) is 22.0 Å². The number of furan rings is 1. The standard InChI is InChI=1S/C29H33N3O4/c1-28(2,3)20-13-11-17(12-14-20)23-15-21-24(36-23)16-22(30-21)27(34)31-25(29(4,5)6)18-7-9-19(10-8-18)26(33)32-35/h7-16,25,30,35H,1-6H3,(H,31,34)(H,32,33). The molecule has 0 saturated heterocycles. The number of hydrogen-bond acceptors (Lipinski definition) is 4. The molecule has 4 N–H and O–H groups in total. The van der Waals surface area contributed by atoms with Crippen LogP contribution in [0.1, 0.15) is 79.6 Å². The maximum atomic E-state index is 13.2. The first-order chi connectivity index (χ1) is 16.9. The lowest BCUT2D eigenvalue weighted by Gasteiger charge is -2.32. The van der Waals surface area contributed by atoms with Crippen molar-refractivity contribution in [2.45, 2.75) is 53.0 Å². The lowest BCUT2D eigenvalue weighted by atomic mass is 9.82. The molecular weight excluding hydrogens is 454 g/mol. The highest BCUT2D eigenvalue weighted by atomic mass is 16.5. The molecule has 2 amide bonds. The molecule has 188 valence electrons. The number of rotatable bonds is 5. The van der Waals surface area contributed by atoms with E-state index in [1.165, 1.54) is 5.56 Å². The van der Waals surface area contributed by atoms with Crippen molar-refractivity contribution in [2.24, 2.45) is 5.41 Å². The first kappa shape index (κ1) is 25.3. The van der Waals surface area contributed by atoms with Crippen LogP contribution in [0.25, 0.3) is 22.4 Å². The van der Waals surface area contributed by atoms with Gasteiger partial charge in [-0.25, -0.2) is 5.48 Å². The van der Waals surface area contributed by atoms with E-state index in [4.69, 9.17) is 9.62 Å². The highest BCUT2D eigenvalue weighted by Gasteiger charge is 2.29. The Kier molecular flexibility index (Phi) is 6.54. The molecule has 0 aliphatic rings. The molecular formula is C29H33N3O4. The highest BCUT2D eigenvalue weighted by molar-refractivity contribution is 5.98. The second-order valence-corrected chi connectivity index (χ2v) is 11.2. The molecule has 1 unspecified atom stereocenters. The summed E-state index contributed by atoms with van der Waals surface area (Å²) in [5, 5.41) is 11.9. The highest BCUT2D eigenvalue weighted by Crippen LogP contribution is 2.34. The number of hydrogen-bond donors (Lipinski definition) is 4. The summed E-state index contributed by atoms with van der Waals surface area (Å²) in [7, 11) is 0. The molecule has 7 nitrogen and oxygen atoms in total. The number of aromatic nitrogens is 1. The minimum atomic E-state index is -0.587. The first-order valence-electron chi connectivity index (χ1n) is 12.0. The van der Waals surface area contributed by atoms with Crippen LogP contribution in [0.3, 0.4) is 0 Å². The molecule has 0 aliphatic heterocycles. The van der Waals surface area contributed by atoms with Crippen molar-refractivity contribution in [3.63, 3.8) is 0 Å². The van der Waals surface area contributed by atoms with Crippen LogP contribution in [0.15, 0.2) is 65.1 Å². The lowest BCUT2D eigenvalue weighted by molar-refractivity contribution is 0.0706. The first-order valence-corrected chi connectivity index (χ1v) is 12.0. The Morgan fingerprint density at radius 3 is 2.06 bits per heavy atom. The minimum Gasteiger partial charge on any atom is -0.454 e. The third-order valence-electron chi connectivity index (χ3n) is 6.33. The zero-order chi connectivity index (χ0) is 26.3. The fraction of sp³-hybridized carbons (Fsp3) is 0.310. The van der Waals surface area contributed by atoms with Crippen molar-refractivity contribution < 1.29 is 19.2 Å². The number of nitrogens with one attached hydrogen (secondary N) is 3. The van der Waals surface area contributed by atoms with Crippen molar-refractivity contribution in [3.05, 3.63) is 83.0 Å². The Bertz CT molecular complexity index is 1350. The number of fused-ring (bicyclic) bond motifs is 1. The van der Waals surface area contributed by atoms with Crippen LogP contribution >= 0.6 is 0 Å². The van der Waals surface area contributed by atoms with Gasteiger partial charge in [-0.15, -0.1) is 0 Å². The van der Waals surface area contributed by atoms with Crippen LogP contribution in [0.2, 0.25) is 0 Å². The molecule has 4 rings (SSSR count). The SMILES string of the molecule is CC(C)(C)c1ccc(-c2cc3[nH]c(C(=O)NC(c4ccc(C(=O)NO)cc4)C(C)(C)C)cc3o2)cc1. The zero-order valence-electron chi connectivity index (χ0n) is 21.5. The number of amides is 2. The second kappa shape index (κ2) is 9.32. The van der Waals surface area contributed by atoms with Gasteiger partial charge in [0.25, 0.3) is 11.8 Å². The van der Waals surface area contributed by atoms with E-state index in [2.05, 4.69) is 55.3 Å². The summed E-state index contributed by atoms with van der Waals surface area (Å²) in [6, 6.07) is 18.4. The number of H-pyrrole nitrogens is 1. The third kappa shape index (κ3) is 5.21. The molecule has 0 fully saturated rings. The number of aromatic amines is 1. The van der Waals surface area contributed by atoms with E-state index in [0.29, 0.717) is 16.8 Å². The normalized spacial score (nSPS) is 13.0. The molecule has 0 aliphatic carbocycles. The van der Waals surface area contributed by atoms with E-state index >= 15 is 0 Å². The number of hydroxylamine groups is 1. The van der Waals surface area contributed by atoms with E-state index in [9.17, 15) is 9.59 Å². The smallest absolute Gasteiger partial charge is 0.274 e. The molecule has 0 saturated carbocycles. The fourth-order valence-corrected chi connectivity index (χ4v) is 4.22. The zero-order valence-corrected chi connectivity index (χ0v) is 21.5. The van der Waals surface area contributed by atoms with Gasteiger partial charge >= 0.3 is 0 Å². The summed E-state index contributed by atoms with van der Waals surface area (Å²) >= 11 is 0. The number of carbonyl (C=O) groups is 2. The minimum absolute atomic E-state index is 0.0804. The topological polar surface area (TPSA) is 107 Å². The van der Waals surface area contributed by atoms with E-state index in [1.807, 2.05) is 26.8 Å². The van der Waals surface area contributed by atoms with Crippen molar-refractivity contribution in [1.82, 2.24) is 15.8 Å². The van der Waals surface area contributed by atoms with Gasteiger partial charge < -0.3 is 14.7 Å². The van der Waals surface area contributed by atoms with E-state index < -0.39 is 5.91 Å². The van der Waals surface area contributed by atoms with Gasteiger partial charge in [-0.05, 0) is 34.1 Å². The van der Waals surface area contributed by atoms with Gasteiger partial charge in [0, 0.05) is 23.3 Å². The molecule has 36 heavy (non-hydrogen) atoms. The fourth-order valence-electron chi connectivity index (χ4n) is 4.22. The maximum absolute atomic E-state index is 13.2. The Balaban J connectivity index is 1.54. The van der Waals surface area contributed by atoms with Gasteiger partial charge in [-0.1, -0.05) is 77.9 Å². The average molecular weight is 488 g/mol. The van der Waals surface area contributed by atoms with Gasteiger partial charge in [0.15, 0.2) is 5.58 Å². The Labute approximate surface area is 210 Å². The summed E-state index contributed by atoms with van der Waals surface area (Å²) in [5.41, 5.74) is 6.58. The Morgan fingerprint density at radius 2 is 1.53 bits per heavy atom. The van der Waals surface area contributed by atoms with Gasteiger partial charge in [-0.3, -0.25) is 14.8 Å². The van der Waals surface area contributed by atoms with E-state index in [1.54, 1.807) is 35.8 Å². The number of carbonyl (C=O) groups excluding carboxylic acids is 2. The van der Waals surface area contributed by atoms with Gasteiger partial charge in [0.05, 0.1) is 11.6 Å². The van der Waals surface area contributed by atoms with Gasteiger partial charge in [0.2, 0.25) is 0 Å². The lowest BCUT2D eigenvalue weighted by Crippen LogP contribution is -2.36. The molecule has 7 heteroatoms. The third-order valence-corrected chi connectivity index (χ3v) is 6.33. The summed E-state index contributed by atoms with van der Waals surface area (Å²) < 4.78 is 6.04. The summed E-state index contributed by atoms with van der Waals surface area (Å²) in [5.74, 6) is -0.103. The molecule has 1 atom stereocenters. The van der Waals surface area contributed by atoms with Crippen LogP contribution in [0.5, 0.6) is 0 Å². The van der Waals surface area contributed by atoms with Crippen molar-refractivity contribution >= 4 is 22.9 Å². The molecule has 0 bridgehead atoms. The van der Waals surface area contributed by atoms with E-state index in [-0.39, 0.29) is 22.8 Å². The molecule has 4 aromatic rings. The van der Waals surface area contributed by atoms with Crippen LogP contribution in [-0.2, 0) is 5.41 Å². The molecule has 2 aromatic carbocycles. The van der Waals surface area contributed by atoms with Gasteiger partial charge in [0.1, 0.15) is 11.5 Å². The Hall–Kier alpha value is -3.84. The monoisotopic (exact) mass is 487 g/mol.